The van der Waals surface area contributed by atoms with E-state index in [2.05, 4.69) is 15.1 Å². The molecule has 0 saturated heterocycles. The summed E-state index contributed by atoms with van der Waals surface area (Å²) in [5, 5.41) is 7.25. The average Bonchev–Trinajstić information content (AvgIpc) is 2.75. The molecule has 10 heteroatoms. The predicted molar refractivity (Wildman–Crippen MR) is 97.6 cm³/mol. The summed E-state index contributed by atoms with van der Waals surface area (Å²) in [5.74, 6) is -0.497. The van der Waals surface area contributed by atoms with Gasteiger partial charge in [0.2, 0.25) is 15.9 Å². The first-order chi connectivity index (χ1) is 11.5. The molecule has 2 rings (SSSR count). The fourth-order valence-electron chi connectivity index (χ4n) is 2.18. The summed E-state index contributed by atoms with van der Waals surface area (Å²) >= 11 is 11.6. The normalized spacial score (nSPS) is 12.9. The Morgan fingerprint density at radius 3 is 2.40 bits per heavy atom. The Morgan fingerprint density at radius 1 is 1.24 bits per heavy atom. The van der Waals surface area contributed by atoms with Gasteiger partial charge in [-0.15, -0.1) is 0 Å². The Balaban J connectivity index is 2.15. The second kappa shape index (κ2) is 7.33. The number of aromatic nitrogens is 2. The summed E-state index contributed by atoms with van der Waals surface area (Å²) < 4.78 is 28.7. The molecule has 0 saturated carbocycles. The monoisotopic (exact) mass is 404 g/mol. The third-order valence-electron chi connectivity index (χ3n) is 3.68. The van der Waals surface area contributed by atoms with Crippen LogP contribution in [0.15, 0.2) is 23.1 Å². The number of anilines is 1. The Kier molecular flexibility index (Phi) is 5.78. The molecule has 1 aromatic carbocycles. The van der Waals surface area contributed by atoms with Gasteiger partial charge < -0.3 is 5.32 Å². The van der Waals surface area contributed by atoms with Crippen molar-refractivity contribution in [2.45, 2.75) is 31.7 Å². The van der Waals surface area contributed by atoms with Gasteiger partial charge in [-0.3, -0.25) is 9.48 Å². The van der Waals surface area contributed by atoms with Crippen LogP contribution in [0.2, 0.25) is 10.0 Å². The van der Waals surface area contributed by atoms with Gasteiger partial charge >= 0.3 is 0 Å². The molecule has 1 heterocycles. The number of halogens is 2. The van der Waals surface area contributed by atoms with E-state index >= 15 is 0 Å². The van der Waals surface area contributed by atoms with Crippen molar-refractivity contribution < 1.29 is 13.2 Å². The molecule has 0 radical (unpaired) electrons. The molecule has 0 aliphatic heterocycles. The number of sulfonamides is 1. The highest BCUT2D eigenvalue weighted by Crippen LogP contribution is 2.25. The number of nitrogens with zero attached hydrogens (tertiary/aromatic N) is 2. The number of nitrogens with one attached hydrogen (secondary N) is 2. The molecule has 0 unspecified atom stereocenters. The third kappa shape index (κ3) is 4.33. The minimum atomic E-state index is -3.93. The van der Waals surface area contributed by atoms with Crippen molar-refractivity contribution >= 4 is 44.8 Å². The molecule has 7 nitrogen and oxygen atoms in total. The zero-order valence-corrected chi connectivity index (χ0v) is 16.4. The topological polar surface area (TPSA) is 93.1 Å². The van der Waals surface area contributed by atoms with Crippen LogP contribution in [0.5, 0.6) is 0 Å². The number of rotatable bonds is 5. The van der Waals surface area contributed by atoms with Crippen molar-refractivity contribution in [2.75, 3.05) is 5.32 Å². The van der Waals surface area contributed by atoms with Crippen LogP contribution in [0.25, 0.3) is 0 Å². The SMILES string of the molecule is Cc1nn(C)c(C)c1NC(=O)[C@H](C)NS(=O)(=O)c1ccc(Cl)c(Cl)c1. The minimum Gasteiger partial charge on any atom is -0.322 e. The smallest absolute Gasteiger partial charge is 0.242 e. The number of benzene rings is 1. The van der Waals surface area contributed by atoms with Gasteiger partial charge in [-0.2, -0.15) is 9.82 Å². The quantitative estimate of drug-likeness (QED) is 0.800. The predicted octanol–water partition coefficient (Wildman–Crippen LogP) is 2.65. The second-order valence-electron chi connectivity index (χ2n) is 5.58. The van der Waals surface area contributed by atoms with Gasteiger partial charge in [0.25, 0.3) is 0 Å². The molecule has 1 aromatic heterocycles. The van der Waals surface area contributed by atoms with E-state index in [1.54, 1.807) is 25.6 Å². The summed E-state index contributed by atoms with van der Waals surface area (Å²) in [7, 11) is -2.17. The highest BCUT2D eigenvalue weighted by molar-refractivity contribution is 7.89. The first kappa shape index (κ1) is 19.7. The van der Waals surface area contributed by atoms with E-state index in [9.17, 15) is 13.2 Å². The zero-order chi connectivity index (χ0) is 18.9. The number of amides is 1. The maximum atomic E-state index is 12.4. The number of carbonyl (C=O) groups is 1. The summed E-state index contributed by atoms with van der Waals surface area (Å²) in [6.45, 7) is 5.01. The van der Waals surface area contributed by atoms with E-state index in [-0.39, 0.29) is 14.9 Å². The Hall–Kier alpha value is -1.61. The van der Waals surface area contributed by atoms with Crippen LogP contribution < -0.4 is 10.0 Å². The van der Waals surface area contributed by atoms with Gasteiger partial charge in [0.05, 0.1) is 38.1 Å². The van der Waals surface area contributed by atoms with Gasteiger partial charge in [0, 0.05) is 7.05 Å². The molecule has 0 bridgehead atoms. The second-order valence-corrected chi connectivity index (χ2v) is 8.11. The number of hydrogen-bond donors (Lipinski definition) is 2. The van der Waals surface area contributed by atoms with Crippen LogP contribution in [0.1, 0.15) is 18.3 Å². The van der Waals surface area contributed by atoms with Crippen LogP contribution in [-0.2, 0) is 21.9 Å². The lowest BCUT2D eigenvalue weighted by molar-refractivity contribution is -0.117. The molecule has 0 fully saturated rings. The average molecular weight is 405 g/mol. The Morgan fingerprint density at radius 2 is 1.88 bits per heavy atom. The van der Waals surface area contributed by atoms with Gasteiger partial charge in [-0.1, -0.05) is 23.2 Å². The van der Waals surface area contributed by atoms with E-state index < -0.39 is 22.0 Å². The number of aryl methyl sites for hydroxylation is 2. The lowest BCUT2D eigenvalue weighted by Gasteiger charge is -2.15. The van der Waals surface area contributed by atoms with Crippen LogP contribution >= 0.6 is 23.2 Å². The first-order valence-electron chi connectivity index (χ1n) is 7.31. The van der Waals surface area contributed by atoms with Gasteiger partial charge in [0.15, 0.2) is 0 Å². The summed E-state index contributed by atoms with van der Waals surface area (Å²) in [6.07, 6.45) is 0. The summed E-state index contributed by atoms with van der Waals surface area (Å²) in [6, 6.07) is 2.92. The van der Waals surface area contributed by atoms with E-state index in [4.69, 9.17) is 23.2 Å². The van der Waals surface area contributed by atoms with Crippen molar-refractivity contribution in [3.05, 3.63) is 39.6 Å². The third-order valence-corrected chi connectivity index (χ3v) is 5.96. The van der Waals surface area contributed by atoms with Gasteiger partial charge in [-0.05, 0) is 39.0 Å². The lowest BCUT2D eigenvalue weighted by atomic mass is 10.2. The van der Waals surface area contributed by atoms with Crippen LogP contribution in [0.4, 0.5) is 5.69 Å². The molecule has 25 heavy (non-hydrogen) atoms. The molecule has 1 amide bonds. The molecule has 2 aromatic rings. The molecule has 2 N–H and O–H groups in total. The minimum absolute atomic E-state index is 0.0738. The first-order valence-corrected chi connectivity index (χ1v) is 9.55. The van der Waals surface area contributed by atoms with Crippen molar-refractivity contribution in [3.8, 4) is 0 Å². The zero-order valence-electron chi connectivity index (χ0n) is 14.1. The summed E-state index contributed by atoms with van der Waals surface area (Å²) in [5.41, 5.74) is 1.98. The van der Waals surface area contributed by atoms with Gasteiger partial charge in [0.1, 0.15) is 0 Å². The van der Waals surface area contributed by atoms with E-state index in [1.165, 1.54) is 25.1 Å². The Bertz CT molecular complexity index is 925. The van der Waals surface area contributed by atoms with Crippen molar-refractivity contribution in [2.24, 2.45) is 7.05 Å². The number of carbonyl (C=O) groups excluding carboxylic acids is 1. The highest BCUT2D eigenvalue weighted by Gasteiger charge is 2.24. The molecule has 0 aliphatic rings. The van der Waals surface area contributed by atoms with Crippen molar-refractivity contribution in [1.82, 2.24) is 14.5 Å². The standard InChI is InChI=1S/C15H18Cl2N4O3S/c1-8-14(10(3)21(4)19-8)18-15(22)9(2)20-25(23,24)11-5-6-12(16)13(17)7-11/h5-7,9,20H,1-4H3,(H,18,22)/t9-/m0/s1. The van der Waals surface area contributed by atoms with Crippen LogP contribution in [-0.4, -0.2) is 30.1 Å². The maximum Gasteiger partial charge on any atom is 0.242 e. The molecule has 1 atom stereocenters. The molecule has 0 spiro atoms. The highest BCUT2D eigenvalue weighted by atomic mass is 35.5. The van der Waals surface area contributed by atoms with Crippen molar-refractivity contribution in [1.29, 1.82) is 0 Å². The van der Waals surface area contributed by atoms with Crippen LogP contribution in [0.3, 0.4) is 0 Å². The largest absolute Gasteiger partial charge is 0.322 e. The molecule has 136 valence electrons. The maximum absolute atomic E-state index is 12.4. The van der Waals surface area contributed by atoms with E-state index in [1.807, 2.05) is 0 Å². The number of hydrogen-bond acceptors (Lipinski definition) is 4. The molecule has 0 aliphatic carbocycles. The fourth-order valence-corrected chi connectivity index (χ4v) is 3.78. The van der Waals surface area contributed by atoms with Crippen molar-refractivity contribution in [3.63, 3.8) is 0 Å². The van der Waals surface area contributed by atoms with Crippen LogP contribution in [0, 0.1) is 13.8 Å². The molecular formula is C15H18Cl2N4O3S. The summed E-state index contributed by atoms with van der Waals surface area (Å²) in [4.78, 5) is 12.3. The lowest BCUT2D eigenvalue weighted by Crippen LogP contribution is -2.41. The Labute approximate surface area is 156 Å². The van der Waals surface area contributed by atoms with Gasteiger partial charge in [-0.25, -0.2) is 8.42 Å². The van der Waals surface area contributed by atoms with E-state index in [0.717, 1.165) is 5.69 Å². The fraction of sp³-hybridized carbons (Fsp3) is 0.333. The molecular weight excluding hydrogens is 387 g/mol. The van der Waals surface area contributed by atoms with E-state index in [0.29, 0.717) is 11.4 Å².